The Labute approximate surface area is 135 Å². The number of carbonyl (C=O) groups is 1. The van der Waals surface area contributed by atoms with Crippen molar-refractivity contribution in [1.82, 2.24) is 4.98 Å². The standard InChI is InChI=1S/C16H14F4N2O2/c1-8(2)10-5-9(17)3-4-12(10)22-13-7-21-14(16(18,19)20)6-11(13)15(23)24/h3-8,22H,1-2H3,(H,23,24). The highest BCUT2D eigenvalue weighted by Crippen LogP contribution is 2.32. The summed E-state index contributed by atoms with van der Waals surface area (Å²) in [6.45, 7) is 3.62. The highest BCUT2D eigenvalue weighted by Gasteiger charge is 2.33. The van der Waals surface area contributed by atoms with E-state index in [1.807, 2.05) is 13.8 Å². The number of alkyl halides is 3. The van der Waals surface area contributed by atoms with Gasteiger partial charge in [-0.15, -0.1) is 0 Å². The Morgan fingerprint density at radius 1 is 1.21 bits per heavy atom. The maximum atomic E-state index is 13.4. The van der Waals surface area contributed by atoms with Gasteiger partial charge in [-0.25, -0.2) is 14.2 Å². The van der Waals surface area contributed by atoms with E-state index >= 15 is 0 Å². The maximum absolute atomic E-state index is 13.4. The highest BCUT2D eigenvalue weighted by molar-refractivity contribution is 5.95. The molecule has 0 radical (unpaired) electrons. The molecule has 4 nitrogen and oxygen atoms in total. The summed E-state index contributed by atoms with van der Waals surface area (Å²) in [6, 6.07) is 4.31. The van der Waals surface area contributed by atoms with Gasteiger partial charge in [-0.2, -0.15) is 13.2 Å². The van der Waals surface area contributed by atoms with E-state index in [-0.39, 0.29) is 11.6 Å². The van der Waals surface area contributed by atoms with Crippen LogP contribution in [0.3, 0.4) is 0 Å². The summed E-state index contributed by atoms with van der Waals surface area (Å²) in [5.74, 6) is -2.08. The molecule has 0 atom stereocenters. The van der Waals surface area contributed by atoms with Crippen LogP contribution in [-0.2, 0) is 6.18 Å². The number of nitrogens with zero attached hydrogens (tertiary/aromatic N) is 1. The summed E-state index contributed by atoms with van der Waals surface area (Å²) in [5, 5.41) is 11.9. The number of halogens is 4. The van der Waals surface area contributed by atoms with E-state index in [0.717, 1.165) is 6.20 Å². The minimum atomic E-state index is -4.75. The average molecular weight is 342 g/mol. The van der Waals surface area contributed by atoms with E-state index in [1.165, 1.54) is 18.2 Å². The number of rotatable bonds is 4. The Balaban J connectivity index is 2.49. The third kappa shape index (κ3) is 3.81. The minimum Gasteiger partial charge on any atom is -0.478 e. The SMILES string of the molecule is CC(C)c1cc(F)ccc1Nc1cnc(C(F)(F)F)cc1C(=O)O. The molecule has 0 amide bonds. The molecule has 0 spiro atoms. The van der Waals surface area contributed by atoms with E-state index in [4.69, 9.17) is 5.11 Å². The van der Waals surface area contributed by atoms with Crippen LogP contribution in [0.2, 0.25) is 0 Å². The van der Waals surface area contributed by atoms with Gasteiger partial charge in [-0.05, 0) is 35.7 Å². The van der Waals surface area contributed by atoms with Crippen LogP contribution in [0.15, 0.2) is 30.5 Å². The second-order valence-electron chi connectivity index (χ2n) is 5.43. The van der Waals surface area contributed by atoms with Crippen molar-refractivity contribution in [3.63, 3.8) is 0 Å². The zero-order valence-corrected chi connectivity index (χ0v) is 12.8. The van der Waals surface area contributed by atoms with Crippen molar-refractivity contribution in [1.29, 1.82) is 0 Å². The van der Waals surface area contributed by atoms with E-state index in [9.17, 15) is 22.4 Å². The monoisotopic (exact) mass is 342 g/mol. The molecular formula is C16H14F4N2O2. The smallest absolute Gasteiger partial charge is 0.433 e. The van der Waals surface area contributed by atoms with Crippen LogP contribution in [0.4, 0.5) is 28.9 Å². The molecule has 0 aliphatic heterocycles. The van der Waals surface area contributed by atoms with Gasteiger partial charge in [0.2, 0.25) is 0 Å². The number of benzene rings is 1. The van der Waals surface area contributed by atoms with Gasteiger partial charge < -0.3 is 10.4 Å². The predicted molar refractivity (Wildman–Crippen MR) is 80.0 cm³/mol. The largest absolute Gasteiger partial charge is 0.478 e. The third-order valence-corrected chi connectivity index (χ3v) is 3.33. The number of aromatic carboxylic acids is 1. The maximum Gasteiger partial charge on any atom is 0.433 e. The number of aromatic nitrogens is 1. The van der Waals surface area contributed by atoms with Gasteiger partial charge >= 0.3 is 12.1 Å². The Kier molecular flexibility index (Phi) is 4.77. The lowest BCUT2D eigenvalue weighted by molar-refractivity contribution is -0.141. The predicted octanol–water partition coefficient (Wildman–Crippen LogP) is 4.80. The number of nitrogens with one attached hydrogen (secondary N) is 1. The lowest BCUT2D eigenvalue weighted by Gasteiger charge is -2.17. The van der Waals surface area contributed by atoms with E-state index in [2.05, 4.69) is 10.3 Å². The number of pyridine rings is 1. The van der Waals surface area contributed by atoms with Crippen LogP contribution < -0.4 is 5.32 Å². The van der Waals surface area contributed by atoms with Gasteiger partial charge in [0.25, 0.3) is 0 Å². The number of hydrogen-bond acceptors (Lipinski definition) is 3. The Morgan fingerprint density at radius 2 is 1.88 bits per heavy atom. The topological polar surface area (TPSA) is 62.2 Å². The number of carboxylic acids is 1. The molecule has 0 bridgehead atoms. The summed E-state index contributed by atoms with van der Waals surface area (Å²) >= 11 is 0. The van der Waals surface area contributed by atoms with Crippen molar-refractivity contribution in [2.24, 2.45) is 0 Å². The van der Waals surface area contributed by atoms with Crippen molar-refractivity contribution in [2.75, 3.05) is 5.32 Å². The first kappa shape index (κ1) is 17.7. The van der Waals surface area contributed by atoms with E-state index < -0.39 is 29.2 Å². The Hall–Kier alpha value is -2.64. The summed E-state index contributed by atoms with van der Waals surface area (Å²) < 4.78 is 51.4. The van der Waals surface area contributed by atoms with Crippen LogP contribution >= 0.6 is 0 Å². The van der Waals surface area contributed by atoms with E-state index in [1.54, 1.807) is 0 Å². The Bertz CT molecular complexity index is 773. The fourth-order valence-corrected chi connectivity index (χ4v) is 2.16. The van der Waals surface area contributed by atoms with Crippen molar-refractivity contribution in [2.45, 2.75) is 25.9 Å². The molecule has 0 aliphatic carbocycles. The summed E-state index contributed by atoms with van der Waals surface area (Å²) in [4.78, 5) is 14.5. The fourth-order valence-electron chi connectivity index (χ4n) is 2.16. The van der Waals surface area contributed by atoms with Gasteiger partial charge in [-0.3, -0.25) is 0 Å². The van der Waals surface area contributed by atoms with Crippen LogP contribution in [0.25, 0.3) is 0 Å². The number of carboxylic acid groups (broad SMARTS) is 1. The molecule has 2 aromatic rings. The summed E-state index contributed by atoms with van der Waals surface area (Å²) in [6.07, 6.45) is -3.94. The van der Waals surface area contributed by atoms with E-state index in [0.29, 0.717) is 17.3 Å². The van der Waals surface area contributed by atoms with Crippen molar-refractivity contribution < 1.29 is 27.5 Å². The van der Waals surface area contributed by atoms with Gasteiger partial charge in [0, 0.05) is 5.69 Å². The lowest BCUT2D eigenvalue weighted by atomic mass is 10.0. The quantitative estimate of drug-likeness (QED) is 0.783. The minimum absolute atomic E-state index is 0.0844. The molecule has 0 aliphatic rings. The molecular weight excluding hydrogens is 328 g/mol. The molecule has 0 saturated carbocycles. The average Bonchev–Trinajstić information content (AvgIpc) is 2.47. The zero-order chi connectivity index (χ0) is 18.1. The summed E-state index contributed by atoms with van der Waals surface area (Å²) in [5.41, 5.74) is -1.02. The Morgan fingerprint density at radius 3 is 2.42 bits per heavy atom. The highest BCUT2D eigenvalue weighted by atomic mass is 19.4. The first-order chi connectivity index (χ1) is 11.1. The molecule has 1 aromatic carbocycles. The molecule has 1 aromatic heterocycles. The van der Waals surface area contributed by atoms with Gasteiger partial charge in [0.05, 0.1) is 17.4 Å². The molecule has 0 saturated heterocycles. The number of anilines is 2. The first-order valence-corrected chi connectivity index (χ1v) is 6.96. The van der Waals surface area contributed by atoms with Crippen LogP contribution in [0, 0.1) is 5.82 Å². The van der Waals surface area contributed by atoms with Crippen LogP contribution in [0.5, 0.6) is 0 Å². The lowest BCUT2D eigenvalue weighted by Crippen LogP contribution is -2.12. The normalized spacial score (nSPS) is 11.6. The number of hydrogen-bond donors (Lipinski definition) is 2. The van der Waals surface area contributed by atoms with Gasteiger partial charge in [0.15, 0.2) is 0 Å². The molecule has 0 unspecified atom stereocenters. The summed E-state index contributed by atoms with van der Waals surface area (Å²) in [7, 11) is 0. The molecule has 128 valence electrons. The van der Waals surface area contributed by atoms with Gasteiger partial charge in [0.1, 0.15) is 11.5 Å². The van der Waals surface area contributed by atoms with Crippen LogP contribution in [0.1, 0.15) is 41.4 Å². The van der Waals surface area contributed by atoms with Gasteiger partial charge in [-0.1, -0.05) is 13.8 Å². The van der Waals surface area contributed by atoms with Crippen molar-refractivity contribution in [3.8, 4) is 0 Å². The molecule has 2 N–H and O–H groups in total. The third-order valence-electron chi connectivity index (χ3n) is 3.33. The van der Waals surface area contributed by atoms with Crippen LogP contribution in [-0.4, -0.2) is 16.1 Å². The van der Waals surface area contributed by atoms with Crippen molar-refractivity contribution in [3.05, 3.63) is 53.1 Å². The molecule has 1 heterocycles. The molecule has 2 rings (SSSR count). The molecule has 8 heteroatoms. The second kappa shape index (κ2) is 6.46. The molecule has 24 heavy (non-hydrogen) atoms. The fraction of sp³-hybridized carbons (Fsp3) is 0.250. The second-order valence-corrected chi connectivity index (χ2v) is 5.43. The zero-order valence-electron chi connectivity index (χ0n) is 12.8. The first-order valence-electron chi connectivity index (χ1n) is 6.96. The molecule has 0 fully saturated rings. The van der Waals surface area contributed by atoms with Crippen molar-refractivity contribution >= 4 is 17.3 Å².